The van der Waals surface area contributed by atoms with E-state index in [1.807, 2.05) is 36.5 Å². The molecule has 0 N–H and O–H groups in total. The first kappa shape index (κ1) is 14.1. The summed E-state index contributed by atoms with van der Waals surface area (Å²) in [6.07, 6.45) is 5.51. The number of amides is 1. The first-order valence-electron chi connectivity index (χ1n) is 7.26. The van der Waals surface area contributed by atoms with Crippen molar-refractivity contribution in [1.29, 1.82) is 5.26 Å². The zero-order chi connectivity index (χ0) is 15.5. The van der Waals surface area contributed by atoms with Crippen LogP contribution in [0.5, 0.6) is 0 Å². The Kier molecular flexibility index (Phi) is 3.79. The number of nitrogens with zero attached hydrogens (tertiary/aromatic N) is 5. The Balaban J connectivity index is 1.78. The molecule has 1 amide bonds. The molecule has 6 nitrogen and oxygen atoms in total. The molecule has 0 radical (unpaired) electrons. The van der Waals surface area contributed by atoms with Crippen molar-refractivity contribution in [3.05, 3.63) is 42.6 Å². The number of aromatic nitrogens is 2. The summed E-state index contributed by atoms with van der Waals surface area (Å²) in [6, 6.07) is 11.2. The molecular formula is C16H17N5O. The van der Waals surface area contributed by atoms with E-state index in [-0.39, 0.29) is 11.9 Å². The Hall–Kier alpha value is -2.81. The average Bonchev–Trinajstić information content (AvgIpc) is 3.23. The van der Waals surface area contributed by atoms with Crippen molar-refractivity contribution in [3.8, 4) is 11.9 Å². The molecule has 1 atom stereocenters. The van der Waals surface area contributed by atoms with Gasteiger partial charge in [-0.1, -0.05) is 18.2 Å². The molecule has 3 rings (SSSR count). The Labute approximate surface area is 129 Å². The van der Waals surface area contributed by atoms with Crippen molar-refractivity contribution in [2.45, 2.75) is 18.9 Å². The second kappa shape index (κ2) is 5.90. The molecular weight excluding hydrogens is 278 g/mol. The van der Waals surface area contributed by atoms with Crippen LogP contribution in [0, 0.1) is 11.5 Å². The third-order valence-electron chi connectivity index (χ3n) is 3.94. The highest BCUT2D eigenvalue weighted by Crippen LogP contribution is 2.21. The Morgan fingerprint density at radius 3 is 2.86 bits per heavy atom. The summed E-state index contributed by atoms with van der Waals surface area (Å²) in [6.45, 7) is 0.652. The van der Waals surface area contributed by atoms with Crippen molar-refractivity contribution >= 4 is 11.7 Å². The number of para-hydroxylation sites is 1. The fourth-order valence-corrected chi connectivity index (χ4v) is 2.70. The number of anilines is 1. The average molecular weight is 295 g/mol. The van der Waals surface area contributed by atoms with Gasteiger partial charge in [0.25, 0.3) is 5.91 Å². The summed E-state index contributed by atoms with van der Waals surface area (Å²) < 4.78 is 1.73. The second-order valence-corrected chi connectivity index (χ2v) is 5.30. The lowest BCUT2D eigenvalue weighted by atomic mass is 10.2. The van der Waals surface area contributed by atoms with Crippen LogP contribution in [-0.2, 0) is 4.79 Å². The third kappa shape index (κ3) is 2.53. The molecule has 1 aromatic heterocycles. The van der Waals surface area contributed by atoms with Gasteiger partial charge in [-0.25, -0.2) is 4.68 Å². The molecule has 0 saturated carbocycles. The van der Waals surface area contributed by atoms with E-state index in [2.05, 4.69) is 11.3 Å². The van der Waals surface area contributed by atoms with Crippen molar-refractivity contribution in [1.82, 2.24) is 14.7 Å². The van der Waals surface area contributed by atoms with Crippen LogP contribution < -0.4 is 4.90 Å². The summed E-state index contributed by atoms with van der Waals surface area (Å²) in [7, 11) is 1.70. The molecule has 0 aliphatic carbocycles. The minimum atomic E-state index is -0.364. The fraction of sp³-hybridized carbons (Fsp3) is 0.312. The lowest BCUT2D eigenvalue weighted by molar-refractivity contribution is -0.121. The van der Waals surface area contributed by atoms with E-state index >= 15 is 0 Å². The number of nitriles is 1. The predicted octanol–water partition coefficient (Wildman–Crippen LogP) is 1.78. The Morgan fingerprint density at radius 2 is 2.14 bits per heavy atom. The normalized spacial score (nSPS) is 17.3. The van der Waals surface area contributed by atoms with Crippen molar-refractivity contribution < 1.29 is 4.79 Å². The first-order valence-corrected chi connectivity index (χ1v) is 7.26. The monoisotopic (exact) mass is 295 g/mol. The number of hydrogen-bond acceptors (Lipinski definition) is 4. The van der Waals surface area contributed by atoms with E-state index in [1.54, 1.807) is 22.7 Å². The lowest BCUT2D eigenvalue weighted by Gasteiger charge is -2.22. The lowest BCUT2D eigenvalue weighted by Crippen LogP contribution is -2.42. The summed E-state index contributed by atoms with van der Waals surface area (Å²) in [5.74, 6) is 0.496. The molecule has 0 spiro atoms. The summed E-state index contributed by atoms with van der Waals surface area (Å²) >= 11 is 0. The van der Waals surface area contributed by atoms with Gasteiger partial charge < -0.3 is 0 Å². The Bertz CT molecular complexity index is 703. The van der Waals surface area contributed by atoms with E-state index in [4.69, 9.17) is 5.26 Å². The van der Waals surface area contributed by atoms with Crippen molar-refractivity contribution in [2.75, 3.05) is 18.5 Å². The maximum Gasteiger partial charge on any atom is 0.251 e. The highest BCUT2D eigenvalue weighted by atomic mass is 16.2. The molecule has 1 aliphatic heterocycles. The van der Waals surface area contributed by atoms with E-state index in [0.29, 0.717) is 12.4 Å². The largest absolute Gasteiger partial charge is 0.298 e. The van der Waals surface area contributed by atoms with Crippen LogP contribution in [0.3, 0.4) is 0 Å². The maximum atomic E-state index is 12.5. The topological polar surface area (TPSA) is 65.2 Å². The maximum absolute atomic E-state index is 12.5. The van der Waals surface area contributed by atoms with Crippen LogP contribution in [0.15, 0.2) is 42.6 Å². The van der Waals surface area contributed by atoms with E-state index < -0.39 is 0 Å². The van der Waals surface area contributed by atoms with Crippen LogP contribution in [0.25, 0.3) is 5.69 Å². The van der Waals surface area contributed by atoms with Gasteiger partial charge in [-0.2, -0.15) is 5.26 Å². The van der Waals surface area contributed by atoms with Gasteiger partial charge in [-0.15, -0.1) is 5.10 Å². The molecule has 2 heterocycles. The van der Waals surface area contributed by atoms with Gasteiger partial charge in [0.05, 0.1) is 5.69 Å². The highest BCUT2D eigenvalue weighted by Gasteiger charge is 2.33. The van der Waals surface area contributed by atoms with Crippen LogP contribution >= 0.6 is 0 Å². The molecule has 6 heteroatoms. The Morgan fingerprint density at radius 1 is 1.36 bits per heavy atom. The van der Waals surface area contributed by atoms with Crippen LogP contribution in [0.4, 0.5) is 5.82 Å². The molecule has 112 valence electrons. The number of hydrogen-bond donors (Lipinski definition) is 0. The van der Waals surface area contributed by atoms with Gasteiger partial charge in [0, 0.05) is 25.9 Å². The minimum absolute atomic E-state index is 0.0858. The number of likely N-dealkylation sites (N-methyl/N-ethyl adjacent to an activating group) is 1. The highest BCUT2D eigenvalue weighted by molar-refractivity contribution is 5.96. The van der Waals surface area contributed by atoms with Gasteiger partial charge >= 0.3 is 0 Å². The van der Waals surface area contributed by atoms with Gasteiger partial charge in [0.2, 0.25) is 0 Å². The number of rotatable bonds is 3. The van der Waals surface area contributed by atoms with E-state index in [1.165, 1.54) is 4.90 Å². The summed E-state index contributed by atoms with van der Waals surface area (Å²) in [5.41, 5.74) is 0.939. The summed E-state index contributed by atoms with van der Waals surface area (Å²) in [5, 5.41) is 13.5. The van der Waals surface area contributed by atoms with Gasteiger partial charge in [-0.05, 0) is 25.0 Å². The smallest absolute Gasteiger partial charge is 0.251 e. The molecule has 1 aromatic carbocycles. The van der Waals surface area contributed by atoms with Gasteiger partial charge in [-0.3, -0.25) is 14.6 Å². The zero-order valence-corrected chi connectivity index (χ0v) is 12.4. The van der Waals surface area contributed by atoms with Crippen LogP contribution in [-0.4, -0.2) is 40.2 Å². The summed E-state index contributed by atoms with van der Waals surface area (Å²) in [4.78, 5) is 15.6. The fourth-order valence-electron chi connectivity index (χ4n) is 2.70. The molecule has 22 heavy (non-hydrogen) atoms. The third-order valence-corrected chi connectivity index (χ3v) is 3.94. The molecule has 0 bridgehead atoms. The van der Waals surface area contributed by atoms with Gasteiger partial charge in [0.1, 0.15) is 6.04 Å². The SMILES string of the molecule is CN(C(=O)[C@@H]1CCCN1C#N)c1ccn(-c2ccccc2)n1. The number of carbonyl (C=O) groups is 1. The zero-order valence-electron chi connectivity index (χ0n) is 12.4. The van der Waals surface area contributed by atoms with E-state index in [0.717, 1.165) is 18.5 Å². The minimum Gasteiger partial charge on any atom is -0.298 e. The first-order chi connectivity index (χ1) is 10.7. The quantitative estimate of drug-likeness (QED) is 0.810. The second-order valence-electron chi connectivity index (χ2n) is 5.30. The number of carbonyl (C=O) groups excluding carboxylic acids is 1. The number of likely N-dealkylation sites (tertiary alicyclic amines) is 1. The molecule has 0 unspecified atom stereocenters. The van der Waals surface area contributed by atoms with Crippen LogP contribution in [0.1, 0.15) is 12.8 Å². The predicted molar refractivity (Wildman–Crippen MR) is 82.3 cm³/mol. The van der Waals surface area contributed by atoms with Crippen molar-refractivity contribution in [2.24, 2.45) is 0 Å². The van der Waals surface area contributed by atoms with Crippen molar-refractivity contribution in [3.63, 3.8) is 0 Å². The molecule has 1 fully saturated rings. The van der Waals surface area contributed by atoms with Gasteiger partial charge in [0.15, 0.2) is 12.0 Å². The van der Waals surface area contributed by atoms with Crippen LogP contribution in [0.2, 0.25) is 0 Å². The molecule has 1 aliphatic rings. The van der Waals surface area contributed by atoms with E-state index in [9.17, 15) is 4.79 Å². The molecule has 2 aromatic rings. The number of benzene rings is 1. The molecule has 1 saturated heterocycles. The standard InChI is InChI=1S/C16H17N5O/c1-19(16(22)14-8-5-10-20(14)12-17)15-9-11-21(18-15)13-6-3-2-4-7-13/h2-4,6-7,9,11,14H,5,8,10H2,1H3/t14-/m0/s1.